The van der Waals surface area contributed by atoms with E-state index in [9.17, 15) is 8.78 Å². The molecule has 80 valence electrons. The van der Waals surface area contributed by atoms with Crippen LogP contribution in [0, 0.1) is 0 Å². The molecule has 0 aromatic carbocycles. The first-order valence-electron chi connectivity index (χ1n) is 3.82. The van der Waals surface area contributed by atoms with Gasteiger partial charge in [0, 0.05) is 0 Å². The third-order valence-corrected chi connectivity index (χ3v) is 2.67. The van der Waals surface area contributed by atoms with Crippen molar-refractivity contribution in [1.29, 1.82) is 0 Å². The summed E-state index contributed by atoms with van der Waals surface area (Å²) in [5, 5.41) is 0.0869. The van der Waals surface area contributed by atoms with Crippen LogP contribution >= 0.6 is 39.1 Å². The number of rotatable bonds is 1. The molecular formula is C8H8BrCl2F2N. The lowest BCUT2D eigenvalue weighted by atomic mass is 10.4. The Kier molecular flexibility index (Phi) is 6.57. The first kappa shape index (κ1) is 14.1. The molecule has 1 aromatic rings. The van der Waals surface area contributed by atoms with Gasteiger partial charge >= 0.3 is 0 Å². The zero-order chi connectivity index (χ0) is 11.3. The first-order chi connectivity index (χ1) is 6.52. The smallest absolute Gasteiger partial charge is 0.234 e. The van der Waals surface area contributed by atoms with Crippen LogP contribution in [0.5, 0.6) is 0 Å². The maximum absolute atomic E-state index is 12.2. The fourth-order valence-corrected chi connectivity index (χ4v) is 1.46. The molecule has 0 N–H and O–H groups in total. The van der Waals surface area contributed by atoms with Gasteiger partial charge in [-0.25, -0.2) is 13.8 Å². The lowest BCUT2D eigenvalue weighted by molar-refractivity contribution is 0.145. The van der Waals surface area contributed by atoms with E-state index < -0.39 is 12.1 Å². The third-order valence-electron chi connectivity index (χ3n) is 1.11. The number of aromatic nitrogens is 1. The highest BCUT2D eigenvalue weighted by Crippen LogP contribution is 2.32. The summed E-state index contributed by atoms with van der Waals surface area (Å²) in [5.41, 5.74) is -0.437. The minimum Gasteiger partial charge on any atom is -0.234 e. The minimum atomic E-state index is -2.68. The summed E-state index contributed by atoms with van der Waals surface area (Å²) in [4.78, 5) is 3.42. The lowest BCUT2D eigenvalue weighted by Crippen LogP contribution is -1.92. The lowest BCUT2D eigenvalue weighted by Gasteiger charge is -2.03. The predicted octanol–water partition coefficient (Wildman–Crippen LogP) is 5.11. The Hall–Kier alpha value is 0.0700. The molecule has 1 rings (SSSR count). The summed E-state index contributed by atoms with van der Waals surface area (Å²) in [6, 6.07) is 1.29. The van der Waals surface area contributed by atoms with E-state index in [1.165, 1.54) is 6.07 Å². The van der Waals surface area contributed by atoms with E-state index >= 15 is 0 Å². The molecule has 0 fully saturated rings. The second-order valence-electron chi connectivity index (χ2n) is 1.93. The van der Waals surface area contributed by atoms with Gasteiger partial charge in [0.05, 0.1) is 9.50 Å². The number of pyridine rings is 1. The fourth-order valence-electron chi connectivity index (χ4n) is 0.631. The molecule has 0 aliphatic carbocycles. The van der Waals surface area contributed by atoms with Crippen LogP contribution in [0.15, 0.2) is 10.5 Å². The van der Waals surface area contributed by atoms with Gasteiger partial charge in [-0.1, -0.05) is 37.0 Å². The Morgan fingerprint density at radius 2 is 1.86 bits per heavy atom. The molecule has 0 unspecified atom stereocenters. The average Bonchev–Trinajstić information content (AvgIpc) is 2.14. The summed E-state index contributed by atoms with van der Waals surface area (Å²) >= 11 is 13.9. The maximum Gasteiger partial charge on any atom is 0.281 e. The van der Waals surface area contributed by atoms with Gasteiger partial charge in [-0.15, -0.1) is 0 Å². The standard InChI is InChI=1S/C6H2BrCl2F2N.C2H6/c7-4-2(8)1-3(9)12-5(4)6(10)11;1-2/h1,6H;1-2H3. The molecule has 0 saturated carbocycles. The number of halogens is 5. The number of nitrogens with zero attached hydrogens (tertiary/aromatic N) is 1. The van der Waals surface area contributed by atoms with Gasteiger partial charge in [0.15, 0.2) is 0 Å². The van der Waals surface area contributed by atoms with Crippen LogP contribution in [-0.2, 0) is 0 Å². The van der Waals surface area contributed by atoms with Crippen molar-refractivity contribution < 1.29 is 8.78 Å². The van der Waals surface area contributed by atoms with Crippen molar-refractivity contribution in [3.05, 3.63) is 26.4 Å². The predicted molar refractivity (Wildman–Crippen MR) is 58.3 cm³/mol. The van der Waals surface area contributed by atoms with Crippen LogP contribution in [0.2, 0.25) is 10.2 Å². The molecule has 0 bridgehead atoms. The summed E-state index contributed by atoms with van der Waals surface area (Å²) in [6.45, 7) is 4.00. The quantitative estimate of drug-likeness (QED) is 0.657. The first-order valence-corrected chi connectivity index (χ1v) is 5.37. The number of hydrogen-bond acceptors (Lipinski definition) is 1. The van der Waals surface area contributed by atoms with Crippen LogP contribution in [0.4, 0.5) is 8.78 Å². The molecule has 0 aliphatic heterocycles. The largest absolute Gasteiger partial charge is 0.281 e. The Labute approximate surface area is 99.6 Å². The molecular weight excluding hydrogens is 299 g/mol. The van der Waals surface area contributed by atoms with Gasteiger partial charge in [0.25, 0.3) is 6.43 Å². The van der Waals surface area contributed by atoms with Gasteiger partial charge in [-0.05, 0) is 22.0 Å². The molecule has 1 aromatic heterocycles. The van der Waals surface area contributed by atoms with E-state index in [-0.39, 0.29) is 14.6 Å². The normalized spacial score (nSPS) is 9.71. The highest BCUT2D eigenvalue weighted by molar-refractivity contribution is 9.10. The van der Waals surface area contributed by atoms with Gasteiger partial charge in [-0.3, -0.25) is 0 Å². The van der Waals surface area contributed by atoms with Crippen molar-refractivity contribution in [2.75, 3.05) is 0 Å². The van der Waals surface area contributed by atoms with Crippen molar-refractivity contribution in [2.24, 2.45) is 0 Å². The Morgan fingerprint density at radius 1 is 1.36 bits per heavy atom. The number of hydrogen-bond donors (Lipinski definition) is 0. The highest BCUT2D eigenvalue weighted by atomic mass is 79.9. The molecule has 0 amide bonds. The van der Waals surface area contributed by atoms with Gasteiger partial charge in [0.1, 0.15) is 10.8 Å². The maximum atomic E-state index is 12.2. The van der Waals surface area contributed by atoms with Crippen molar-refractivity contribution in [3.63, 3.8) is 0 Å². The zero-order valence-corrected chi connectivity index (χ0v) is 10.6. The third kappa shape index (κ3) is 3.67. The zero-order valence-electron chi connectivity index (χ0n) is 7.49. The monoisotopic (exact) mass is 305 g/mol. The van der Waals surface area contributed by atoms with Crippen LogP contribution in [0.25, 0.3) is 0 Å². The van der Waals surface area contributed by atoms with E-state index in [0.29, 0.717) is 0 Å². The molecule has 1 heterocycles. The SMILES string of the molecule is CC.FC(F)c1nc(Cl)cc(Cl)c1Br. The fraction of sp³-hybridized carbons (Fsp3) is 0.375. The Balaban J connectivity index is 0.000000791. The van der Waals surface area contributed by atoms with E-state index in [1.807, 2.05) is 13.8 Å². The van der Waals surface area contributed by atoms with Crippen LogP contribution in [0.3, 0.4) is 0 Å². The molecule has 6 heteroatoms. The Morgan fingerprint density at radius 3 is 2.29 bits per heavy atom. The molecule has 0 radical (unpaired) electrons. The second kappa shape index (κ2) is 6.53. The summed E-state index contributed by atoms with van der Waals surface area (Å²) in [7, 11) is 0. The van der Waals surface area contributed by atoms with Crippen LogP contribution < -0.4 is 0 Å². The van der Waals surface area contributed by atoms with Crippen molar-refractivity contribution >= 4 is 39.1 Å². The molecule has 0 spiro atoms. The second-order valence-corrected chi connectivity index (χ2v) is 3.51. The molecule has 1 nitrogen and oxygen atoms in total. The molecule has 14 heavy (non-hydrogen) atoms. The van der Waals surface area contributed by atoms with Crippen molar-refractivity contribution in [3.8, 4) is 0 Å². The van der Waals surface area contributed by atoms with Crippen LogP contribution in [0.1, 0.15) is 26.0 Å². The number of alkyl halides is 2. The van der Waals surface area contributed by atoms with Crippen LogP contribution in [-0.4, -0.2) is 4.98 Å². The van der Waals surface area contributed by atoms with Gasteiger partial charge in [0.2, 0.25) is 0 Å². The van der Waals surface area contributed by atoms with E-state index in [0.717, 1.165) is 0 Å². The van der Waals surface area contributed by atoms with Crippen molar-refractivity contribution in [1.82, 2.24) is 4.98 Å². The summed E-state index contributed by atoms with van der Waals surface area (Å²) in [5.74, 6) is 0. The van der Waals surface area contributed by atoms with E-state index in [4.69, 9.17) is 23.2 Å². The van der Waals surface area contributed by atoms with Gasteiger partial charge < -0.3 is 0 Å². The van der Waals surface area contributed by atoms with E-state index in [1.54, 1.807) is 0 Å². The topological polar surface area (TPSA) is 12.9 Å². The van der Waals surface area contributed by atoms with Crippen molar-refractivity contribution in [2.45, 2.75) is 20.3 Å². The van der Waals surface area contributed by atoms with E-state index in [2.05, 4.69) is 20.9 Å². The average molecular weight is 307 g/mol. The molecule has 0 aliphatic rings. The minimum absolute atomic E-state index is 0.0431. The highest BCUT2D eigenvalue weighted by Gasteiger charge is 2.16. The molecule has 0 atom stereocenters. The Bertz CT molecular complexity index is 308. The summed E-state index contributed by atoms with van der Waals surface area (Å²) in [6.07, 6.45) is -2.68. The molecule has 0 saturated heterocycles. The van der Waals surface area contributed by atoms with Gasteiger partial charge in [-0.2, -0.15) is 0 Å². The summed E-state index contributed by atoms with van der Waals surface area (Å²) < 4.78 is 24.4.